The molecule has 0 aromatic carbocycles. The van der Waals surface area contributed by atoms with Crippen LogP contribution in [0.2, 0.25) is 0 Å². The van der Waals surface area contributed by atoms with Gasteiger partial charge in [0, 0.05) is 6.54 Å². The fourth-order valence-corrected chi connectivity index (χ4v) is 1.61. The zero-order valence-electron chi connectivity index (χ0n) is 9.53. The standard InChI is InChI=1S/C10H18N4S/c1-4-14-8(6-5-7(2)3)9(10(11)15)12-13-14/h7H,4-6H2,1-3H3,(H2,11,15). The Morgan fingerprint density at radius 3 is 2.67 bits per heavy atom. The normalized spacial score (nSPS) is 10.9. The highest BCUT2D eigenvalue weighted by Crippen LogP contribution is 2.12. The van der Waals surface area contributed by atoms with E-state index in [0.29, 0.717) is 16.6 Å². The van der Waals surface area contributed by atoms with Crippen LogP contribution in [0.15, 0.2) is 0 Å². The van der Waals surface area contributed by atoms with E-state index >= 15 is 0 Å². The summed E-state index contributed by atoms with van der Waals surface area (Å²) < 4.78 is 1.87. The maximum absolute atomic E-state index is 5.60. The SMILES string of the molecule is CCn1nnc(C(N)=S)c1CCC(C)C. The lowest BCUT2D eigenvalue weighted by atomic mass is 10.1. The average Bonchev–Trinajstić information content (AvgIpc) is 2.57. The van der Waals surface area contributed by atoms with Crippen LogP contribution in [-0.4, -0.2) is 20.0 Å². The summed E-state index contributed by atoms with van der Waals surface area (Å²) in [7, 11) is 0. The highest BCUT2D eigenvalue weighted by Gasteiger charge is 2.14. The molecule has 0 bridgehead atoms. The van der Waals surface area contributed by atoms with Crippen molar-refractivity contribution in [2.45, 2.75) is 40.2 Å². The molecule has 1 aromatic rings. The van der Waals surface area contributed by atoms with Gasteiger partial charge in [-0.1, -0.05) is 31.3 Å². The quantitative estimate of drug-likeness (QED) is 0.773. The van der Waals surface area contributed by atoms with E-state index in [1.807, 2.05) is 11.6 Å². The van der Waals surface area contributed by atoms with E-state index in [1.54, 1.807) is 0 Å². The van der Waals surface area contributed by atoms with Crippen molar-refractivity contribution < 1.29 is 0 Å². The van der Waals surface area contributed by atoms with Crippen LogP contribution in [-0.2, 0) is 13.0 Å². The van der Waals surface area contributed by atoms with Crippen molar-refractivity contribution in [3.8, 4) is 0 Å². The van der Waals surface area contributed by atoms with Crippen molar-refractivity contribution in [3.05, 3.63) is 11.4 Å². The molecule has 0 saturated heterocycles. The Morgan fingerprint density at radius 2 is 2.20 bits per heavy atom. The molecular weight excluding hydrogens is 208 g/mol. The Balaban J connectivity index is 2.90. The largest absolute Gasteiger partial charge is 0.388 e. The minimum Gasteiger partial charge on any atom is -0.388 e. The third-order valence-electron chi connectivity index (χ3n) is 2.33. The van der Waals surface area contributed by atoms with Gasteiger partial charge in [-0.3, -0.25) is 0 Å². The van der Waals surface area contributed by atoms with Gasteiger partial charge in [0.25, 0.3) is 0 Å². The van der Waals surface area contributed by atoms with E-state index in [-0.39, 0.29) is 0 Å². The predicted molar refractivity (Wildman–Crippen MR) is 64.7 cm³/mol. The molecule has 0 radical (unpaired) electrons. The van der Waals surface area contributed by atoms with Crippen molar-refractivity contribution >= 4 is 17.2 Å². The number of rotatable bonds is 5. The summed E-state index contributed by atoms with van der Waals surface area (Å²) in [6.07, 6.45) is 2.04. The van der Waals surface area contributed by atoms with Crippen LogP contribution >= 0.6 is 12.2 Å². The van der Waals surface area contributed by atoms with Gasteiger partial charge in [-0.05, 0) is 25.7 Å². The van der Waals surface area contributed by atoms with E-state index in [9.17, 15) is 0 Å². The van der Waals surface area contributed by atoms with E-state index in [2.05, 4.69) is 24.2 Å². The first-order valence-corrected chi connectivity index (χ1v) is 5.69. The molecule has 5 heteroatoms. The van der Waals surface area contributed by atoms with Gasteiger partial charge in [-0.25, -0.2) is 4.68 Å². The Kier molecular flexibility index (Phi) is 4.20. The van der Waals surface area contributed by atoms with Crippen LogP contribution in [0.5, 0.6) is 0 Å². The lowest BCUT2D eigenvalue weighted by Crippen LogP contribution is -2.14. The molecular formula is C10H18N4S. The van der Waals surface area contributed by atoms with Gasteiger partial charge in [0.1, 0.15) is 10.7 Å². The Hall–Kier alpha value is -0.970. The molecule has 84 valence electrons. The zero-order valence-corrected chi connectivity index (χ0v) is 10.3. The number of hydrogen-bond donors (Lipinski definition) is 1. The summed E-state index contributed by atoms with van der Waals surface area (Å²) in [5.74, 6) is 0.657. The van der Waals surface area contributed by atoms with Crippen LogP contribution < -0.4 is 5.73 Å². The molecule has 0 spiro atoms. The van der Waals surface area contributed by atoms with Crippen LogP contribution in [0.25, 0.3) is 0 Å². The number of thiocarbonyl (C=S) groups is 1. The minimum absolute atomic E-state index is 0.341. The Labute approximate surface area is 95.8 Å². The highest BCUT2D eigenvalue weighted by atomic mass is 32.1. The van der Waals surface area contributed by atoms with Crippen LogP contribution in [0.1, 0.15) is 38.6 Å². The van der Waals surface area contributed by atoms with E-state index in [1.165, 1.54) is 0 Å². The number of aromatic nitrogens is 3. The molecule has 0 atom stereocenters. The molecule has 0 aliphatic rings. The second-order valence-corrected chi connectivity index (χ2v) is 4.44. The summed E-state index contributed by atoms with van der Waals surface area (Å²) in [5, 5.41) is 8.04. The molecule has 2 N–H and O–H groups in total. The van der Waals surface area contributed by atoms with Gasteiger partial charge in [0.2, 0.25) is 0 Å². The van der Waals surface area contributed by atoms with E-state index in [4.69, 9.17) is 18.0 Å². The third kappa shape index (κ3) is 2.99. The lowest BCUT2D eigenvalue weighted by molar-refractivity contribution is 0.542. The summed E-state index contributed by atoms with van der Waals surface area (Å²) in [6, 6.07) is 0. The summed E-state index contributed by atoms with van der Waals surface area (Å²) in [6.45, 7) is 7.24. The van der Waals surface area contributed by atoms with Gasteiger partial charge in [-0.2, -0.15) is 0 Å². The molecule has 1 rings (SSSR count). The maximum atomic E-state index is 5.60. The first kappa shape index (κ1) is 12.1. The fourth-order valence-electron chi connectivity index (χ4n) is 1.45. The van der Waals surface area contributed by atoms with E-state index < -0.39 is 0 Å². The third-order valence-corrected chi connectivity index (χ3v) is 2.52. The van der Waals surface area contributed by atoms with Gasteiger partial charge in [0.05, 0.1) is 5.69 Å². The smallest absolute Gasteiger partial charge is 0.143 e. The number of aryl methyl sites for hydroxylation is 1. The first-order chi connectivity index (χ1) is 7.06. The first-order valence-electron chi connectivity index (χ1n) is 5.28. The van der Waals surface area contributed by atoms with Crippen LogP contribution in [0, 0.1) is 5.92 Å². The van der Waals surface area contributed by atoms with Crippen molar-refractivity contribution in [2.24, 2.45) is 11.7 Å². The molecule has 4 nitrogen and oxygen atoms in total. The monoisotopic (exact) mass is 226 g/mol. The predicted octanol–water partition coefficient (Wildman–Crippen LogP) is 1.52. The Bertz CT molecular complexity index is 343. The summed E-state index contributed by atoms with van der Waals surface area (Å²) >= 11 is 4.95. The number of hydrogen-bond acceptors (Lipinski definition) is 3. The van der Waals surface area contributed by atoms with Crippen molar-refractivity contribution in [2.75, 3.05) is 0 Å². The zero-order chi connectivity index (χ0) is 11.4. The molecule has 0 aliphatic heterocycles. The molecule has 0 aliphatic carbocycles. The van der Waals surface area contributed by atoms with Crippen LogP contribution in [0.3, 0.4) is 0 Å². The molecule has 0 saturated carbocycles. The molecule has 0 unspecified atom stereocenters. The maximum Gasteiger partial charge on any atom is 0.143 e. The minimum atomic E-state index is 0.341. The van der Waals surface area contributed by atoms with Crippen molar-refractivity contribution in [3.63, 3.8) is 0 Å². The summed E-state index contributed by atoms with van der Waals surface area (Å²) in [5.41, 5.74) is 7.36. The molecule has 0 fully saturated rings. The molecule has 15 heavy (non-hydrogen) atoms. The van der Waals surface area contributed by atoms with Crippen molar-refractivity contribution in [1.29, 1.82) is 0 Å². The molecule has 0 amide bonds. The fraction of sp³-hybridized carbons (Fsp3) is 0.700. The number of nitrogens with two attached hydrogens (primary N) is 1. The second kappa shape index (κ2) is 5.21. The molecule has 1 aromatic heterocycles. The van der Waals surface area contributed by atoms with Gasteiger partial charge >= 0.3 is 0 Å². The van der Waals surface area contributed by atoms with Gasteiger partial charge < -0.3 is 5.73 Å². The number of nitrogens with zero attached hydrogens (tertiary/aromatic N) is 3. The Morgan fingerprint density at radius 1 is 1.53 bits per heavy atom. The van der Waals surface area contributed by atoms with Gasteiger partial charge in [-0.15, -0.1) is 5.10 Å². The second-order valence-electron chi connectivity index (χ2n) is 4.00. The van der Waals surface area contributed by atoms with Crippen molar-refractivity contribution in [1.82, 2.24) is 15.0 Å². The van der Waals surface area contributed by atoms with Gasteiger partial charge in [0.15, 0.2) is 0 Å². The summed E-state index contributed by atoms with van der Waals surface area (Å²) in [4.78, 5) is 0.341. The van der Waals surface area contributed by atoms with Crippen LogP contribution in [0.4, 0.5) is 0 Å². The topological polar surface area (TPSA) is 56.7 Å². The van der Waals surface area contributed by atoms with E-state index in [0.717, 1.165) is 25.1 Å². The highest BCUT2D eigenvalue weighted by molar-refractivity contribution is 7.80. The molecule has 1 heterocycles. The average molecular weight is 226 g/mol. The lowest BCUT2D eigenvalue weighted by Gasteiger charge is -2.07.